The van der Waals surface area contributed by atoms with E-state index in [-0.39, 0.29) is 0 Å². The zero-order chi connectivity index (χ0) is 13.4. The first kappa shape index (κ1) is 17.0. The Kier molecular flexibility index (Phi) is 9.00. The second-order valence-corrected chi connectivity index (χ2v) is 6.84. The Labute approximate surface area is 111 Å². The summed E-state index contributed by atoms with van der Waals surface area (Å²) in [6.45, 7) is 16.7. The van der Waals surface area contributed by atoms with Crippen LogP contribution < -0.4 is 0 Å². The van der Waals surface area contributed by atoms with Gasteiger partial charge in [-0.15, -0.1) is 0 Å². The molecule has 0 aliphatic carbocycles. The lowest BCUT2D eigenvalue weighted by Crippen LogP contribution is -2.14. The Bertz CT molecular complexity index is 171. The van der Waals surface area contributed by atoms with Crippen LogP contribution in [0.2, 0.25) is 0 Å². The Balaban J connectivity index is 3.95. The Morgan fingerprint density at radius 1 is 0.588 bits per heavy atom. The first-order valence-electron chi connectivity index (χ1n) is 7.90. The fourth-order valence-corrected chi connectivity index (χ4v) is 3.16. The molecular formula is C17H36. The van der Waals surface area contributed by atoms with Gasteiger partial charge in [0.05, 0.1) is 0 Å². The molecule has 0 N–H and O–H groups in total. The maximum Gasteiger partial charge on any atom is -0.0391 e. The fourth-order valence-electron chi connectivity index (χ4n) is 3.16. The maximum absolute atomic E-state index is 2.46. The number of rotatable bonds is 9. The van der Waals surface area contributed by atoms with Gasteiger partial charge in [-0.25, -0.2) is 0 Å². The molecule has 0 heterocycles. The molecule has 0 bridgehead atoms. The van der Waals surface area contributed by atoms with Crippen molar-refractivity contribution in [3.05, 3.63) is 0 Å². The molecule has 0 rings (SSSR count). The van der Waals surface area contributed by atoms with Crippen molar-refractivity contribution in [2.75, 3.05) is 0 Å². The summed E-state index contributed by atoms with van der Waals surface area (Å²) in [4.78, 5) is 0. The normalized spacial score (nSPS) is 19.1. The van der Waals surface area contributed by atoms with Crippen LogP contribution in [0, 0.1) is 29.6 Å². The number of hydrogen-bond acceptors (Lipinski definition) is 0. The molecule has 0 aliphatic heterocycles. The molecule has 0 nitrogen and oxygen atoms in total. The minimum Gasteiger partial charge on any atom is -0.0651 e. The number of hydrogen-bond donors (Lipinski definition) is 0. The van der Waals surface area contributed by atoms with Gasteiger partial charge in [0.25, 0.3) is 0 Å². The molecule has 0 aromatic rings. The van der Waals surface area contributed by atoms with E-state index in [0.29, 0.717) is 0 Å². The van der Waals surface area contributed by atoms with E-state index in [4.69, 9.17) is 0 Å². The van der Waals surface area contributed by atoms with Crippen molar-refractivity contribution in [3.8, 4) is 0 Å². The lowest BCUT2D eigenvalue weighted by molar-refractivity contribution is 0.257. The molecule has 104 valence electrons. The zero-order valence-corrected chi connectivity index (χ0v) is 13.4. The lowest BCUT2D eigenvalue weighted by Gasteiger charge is -2.25. The van der Waals surface area contributed by atoms with E-state index >= 15 is 0 Å². The molecule has 4 atom stereocenters. The summed E-state index contributed by atoms with van der Waals surface area (Å²) in [6.07, 6.45) is 6.95. The van der Waals surface area contributed by atoms with Crippen molar-refractivity contribution in [1.82, 2.24) is 0 Å². The third-order valence-electron chi connectivity index (χ3n) is 4.48. The highest BCUT2D eigenvalue weighted by Gasteiger charge is 2.17. The predicted octanol–water partition coefficient (Wildman–Crippen LogP) is 6.16. The van der Waals surface area contributed by atoms with E-state index in [1.54, 1.807) is 0 Å². The summed E-state index contributed by atoms with van der Waals surface area (Å²) in [5.41, 5.74) is 0. The Hall–Kier alpha value is 0. The van der Waals surface area contributed by atoms with Gasteiger partial charge in [0.2, 0.25) is 0 Å². The van der Waals surface area contributed by atoms with E-state index in [0.717, 1.165) is 29.6 Å². The SMILES string of the molecule is CCC(C)CC(C)CC(C)CC(CC)C(C)C. The van der Waals surface area contributed by atoms with Crippen LogP contribution in [0.4, 0.5) is 0 Å². The Morgan fingerprint density at radius 2 is 1.06 bits per heavy atom. The highest BCUT2D eigenvalue weighted by Crippen LogP contribution is 2.29. The molecular weight excluding hydrogens is 204 g/mol. The van der Waals surface area contributed by atoms with Crippen molar-refractivity contribution in [3.63, 3.8) is 0 Å². The Morgan fingerprint density at radius 3 is 1.47 bits per heavy atom. The summed E-state index contributed by atoms with van der Waals surface area (Å²) in [6, 6.07) is 0. The minimum absolute atomic E-state index is 0.854. The monoisotopic (exact) mass is 240 g/mol. The zero-order valence-electron chi connectivity index (χ0n) is 13.4. The van der Waals surface area contributed by atoms with Gasteiger partial charge in [-0.1, -0.05) is 61.3 Å². The molecule has 4 unspecified atom stereocenters. The fraction of sp³-hybridized carbons (Fsp3) is 1.00. The van der Waals surface area contributed by atoms with Gasteiger partial charge < -0.3 is 0 Å². The second kappa shape index (κ2) is 9.00. The summed E-state index contributed by atoms with van der Waals surface area (Å²) in [5.74, 6) is 4.50. The van der Waals surface area contributed by atoms with Crippen molar-refractivity contribution in [1.29, 1.82) is 0 Å². The van der Waals surface area contributed by atoms with E-state index in [9.17, 15) is 0 Å². The lowest BCUT2D eigenvalue weighted by atomic mass is 9.80. The first-order chi connectivity index (χ1) is 7.90. The van der Waals surface area contributed by atoms with E-state index in [1.165, 1.54) is 32.1 Å². The van der Waals surface area contributed by atoms with Gasteiger partial charge >= 0.3 is 0 Å². The predicted molar refractivity (Wildman–Crippen MR) is 80.3 cm³/mol. The van der Waals surface area contributed by atoms with Crippen molar-refractivity contribution in [2.45, 2.75) is 80.6 Å². The van der Waals surface area contributed by atoms with Gasteiger partial charge in [-0.2, -0.15) is 0 Å². The third kappa shape index (κ3) is 7.84. The molecule has 0 saturated carbocycles. The van der Waals surface area contributed by atoms with Gasteiger partial charge in [0.1, 0.15) is 0 Å². The van der Waals surface area contributed by atoms with Crippen molar-refractivity contribution in [2.24, 2.45) is 29.6 Å². The van der Waals surface area contributed by atoms with Crippen LogP contribution in [0.3, 0.4) is 0 Å². The van der Waals surface area contributed by atoms with Gasteiger partial charge in [0, 0.05) is 0 Å². The highest BCUT2D eigenvalue weighted by molar-refractivity contribution is 4.68. The molecule has 0 aromatic heterocycles. The van der Waals surface area contributed by atoms with Crippen LogP contribution >= 0.6 is 0 Å². The summed E-state index contributed by atoms with van der Waals surface area (Å²) < 4.78 is 0. The summed E-state index contributed by atoms with van der Waals surface area (Å²) in [7, 11) is 0. The maximum atomic E-state index is 2.46. The molecule has 0 aliphatic rings. The first-order valence-corrected chi connectivity index (χ1v) is 7.90. The van der Waals surface area contributed by atoms with E-state index in [2.05, 4.69) is 48.5 Å². The molecule has 0 spiro atoms. The molecule has 0 heteroatoms. The molecule has 17 heavy (non-hydrogen) atoms. The average Bonchev–Trinajstić information content (AvgIpc) is 2.24. The van der Waals surface area contributed by atoms with Crippen molar-refractivity contribution >= 4 is 0 Å². The van der Waals surface area contributed by atoms with Crippen LogP contribution in [0.15, 0.2) is 0 Å². The smallest absolute Gasteiger partial charge is 0.0391 e. The second-order valence-electron chi connectivity index (χ2n) is 6.84. The van der Waals surface area contributed by atoms with E-state index in [1.807, 2.05) is 0 Å². The largest absolute Gasteiger partial charge is 0.0651 e. The molecule has 0 aromatic carbocycles. The van der Waals surface area contributed by atoms with Gasteiger partial charge in [-0.3, -0.25) is 0 Å². The topological polar surface area (TPSA) is 0 Å². The highest BCUT2D eigenvalue weighted by atomic mass is 14.2. The third-order valence-corrected chi connectivity index (χ3v) is 4.48. The van der Waals surface area contributed by atoms with Crippen LogP contribution in [0.1, 0.15) is 80.6 Å². The molecule has 0 radical (unpaired) electrons. The van der Waals surface area contributed by atoms with Crippen LogP contribution in [-0.2, 0) is 0 Å². The van der Waals surface area contributed by atoms with Gasteiger partial charge in [-0.05, 0) is 48.9 Å². The molecule has 0 amide bonds. The van der Waals surface area contributed by atoms with Crippen LogP contribution in [0.5, 0.6) is 0 Å². The standard InChI is InChI=1S/C17H36/c1-8-14(5)10-15(6)11-16(7)12-17(9-2)13(3)4/h13-17H,8-12H2,1-7H3. The van der Waals surface area contributed by atoms with Crippen molar-refractivity contribution < 1.29 is 0 Å². The minimum atomic E-state index is 0.854. The quantitative estimate of drug-likeness (QED) is 0.453. The average molecular weight is 240 g/mol. The summed E-state index contributed by atoms with van der Waals surface area (Å²) in [5, 5.41) is 0. The van der Waals surface area contributed by atoms with Gasteiger partial charge in [0.15, 0.2) is 0 Å². The van der Waals surface area contributed by atoms with E-state index < -0.39 is 0 Å². The molecule has 0 saturated heterocycles. The summed E-state index contributed by atoms with van der Waals surface area (Å²) >= 11 is 0. The van der Waals surface area contributed by atoms with Crippen LogP contribution in [-0.4, -0.2) is 0 Å². The molecule has 0 fully saturated rings. The van der Waals surface area contributed by atoms with Crippen LogP contribution in [0.25, 0.3) is 0 Å².